The lowest BCUT2D eigenvalue weighted by molar-refractivity contribution is -0.220. The van der Waals surface area contributed by atoms with Crippen molar-refractivity contribution >= 4 is 24.2 Å². The molecule has 53 heavy (non-hydrogen) atoms. The van der Waals surface area contributed by atoms with E-state index in [-0.39, 0.29) is 18.8 Å². The third-order valence-electron chi connectivity index (χ3n) is 7.65. The normalized spacial score (nSPS) is 19.2. The molecule has 2 aromatic heterocycles. The van der Waals surface area contributed by atoms with Crippen LogP contribution in [0.2, 0.25) is 0 Å². The fourth-order valence-electron chi connectivity index (χ4n) is 4.92. The quantitative estimate of drug-likeness (QED) is 0.141. The van der Waals surface area contributed by atoms with Crippen LogP contribution in [-0.4, -0.2) is 63.0 Å². The first-order valence-corrected chi connectivity index (χ1v) is 16.1. The molecule has 0 saturated carbocycles. The van der Waals surface area contributed by atoms with Crippen LogP contribution < -0.4 is 11.2 Å². The SMILES string of the molecule is CC(C)C(=O)OC[C@@]1(F)O[C@@H](n2ccc(=O)n(COC(=O)c3cccnc3)c2=O)[C@H](OC(=O)OCc2ccccc2)[C@@H]1OC(=O)OCc1ccccc1. The summed E-state index contributed by atoms with van der Waals surface area (Å²) in [6, 6.07) is 20.6. The zero-order chi connectivity index (χ0) is 38.0. The average Bonchev–Trinajstić information content (AvgIpc) is 3.42. The van der Waals surface area contributed by atoms with Crippen molar-refractivity contribution < 1.29 is 56.7 Å². The van der Waals surface area contributed by atoms with Gasteiger partial charge in [-0.1, -0.05) is 74.5 Å². The van der Waals surface area contributed by atoms with Crippen molar-refractivity contribution in [3.63, 3.8) is 0 Å². The molecule has 4 aromatic rings. The molecule has 0 aliphatic carbocycles. The van der Waals surface area contributed by atoms with Crippen LogP contribution in [0.25, 0.3) is 0 Å². The molecule has 3 heterocycles. The van der Waals surface area contributed by atoms with E-state index in [1.807, 2.05) is 0 Å². The van der Waals surface area contributed by atoms with Gasteiger partial charge in [0.1, 0.15) is 13.2 Å². The van der Waals surface area contributed by atoms with E-state index in [9.17, 15) is 28.8 Å². The molecule has 0 radical (unpaired) electrons. The van der Waals surface area contributed by atoms with Gasteiger partial charge in [-0.15, -0.1) is 0 Å². The Kier molecular flexibility index (Phi) is 12.3. The van der Waals surface area contributed by atoms with Gasteiger partial charge < -0.3 is 33.2 Å². The summed E-state index contributed by atoms with van der Waals surface area (Å²) in [5, 5.41) is 0. The Labute approximate surface area is 300 Å². The lowest BCUT2D eigenvalue weighted by Crippen LogP contribution is -2.48. The number of esters is 2. The van der Waals surface area contributed by atoms with Gasteiger partial charge in [-0.3, -0.25) is 19.1 Å². The van der Waals surface area contributed by atoms with Crippen LogP contribution in [0.3, 0.4) is 0 Å². The predicted octanol–water partition coefficient (Wildman–Crippen LogP) is 4.06. The van der Waals surface area contributed by atoms with Gasteiger partial charge in [0.05, 0.1) is 11.5 Å². The zero-order valence-electron chi connectivity index (χ0n) is 28.4. The van der Waals surface area contributed by atoms with Gasteiger partial charge >= 0.3 is 29.9 Å². The van der Waals surface area contributed by atoms with Gasteiger partial charge in [0, 0.05) is 24.7 Å². The number of benzene rings is 2. The van der Waals surface area contributed by atoms with Crippen molar-refractivity contribution in [2.75, 3.05) is 6.61 Å². The van der Waals surface area contributed by atoms with E-state index in [2.05, 4.69) is 4.98 Å². The second kappa shape index (κ2) is 17.2. The van der Waals surface area contributed by atoms with Crippen molar-refractivity contribution in [1.82, 2.24) is 14.1 Å². The number of carbonyl (C=O) groups excluding carboxylic acids is 4. The highest BCUT2D eigenvalue weighted by Gasteiger charge is 2.63. The highest BCUT2D eigenvalue weighted by Crippen LogP contribution is 2.42. The fourth-order valence-corrected chi connectivity index (χ4v) is 4.92. The highest BCUT2D eigenvalue weighted by molar-refractivity contribution is 5.88. The lowest BCUT2D eigenvalue weighted by atomic mass is 10.1. The first-order valence-electron chi connectivity index (χ1n) is 16.1. The van der Waals surface area contributed by atoms with E-state index in [4.69, 9.17) is 33.2 Å². The van der Waals surface area contributed by atoms with Crippen molar-refractivity contribution in [2.45, 2.75) is 58.1 Å². The predicted molar refractivity (Wildman–Crippen MR) is 177 cm³/mol. The second-order valence-electron chi connectivity index (χ2n) is 11.8. The molecule has 1 aliphatic rings. The second-order valence-corrected chi connectivity index (χ2v) is 11.8. The molecule has 2 aromatic carbocycles. The van der Waals surface area contributed by atoms with Crippen molar-refractivity contribution in [3.05, 3.63) is 135 Å². The third kappa shape index (κ3) is 9.70. The largest absolute Gasteiger partial charge is 0.509 e. The van der Waals surface area contributed by atoms with Gasteiger partial charge in [0.15, 0.2) is 25.7 Å². The zero-order valence-corrected chi connectivity index (χ0v) is 28.4. The van der Waals surface area contributed by atoms with Crippen molar-refractivity contribution in [1.29, 1.82) is 0 Å². The Morgan fingerprint density at radius 3 is 2.04 bits per heavy atom. The van der Waals surface area contributed by atoms with E-state index in [1.54, 1.807) is 60.7 Å². The summed E-state index contributed by atoms with van der Waals surface area (Å²) in [5.74, 6) is -5.78. The Balaban J connectivity index is 1.48. The molecule has 0 amide bonds. The molecular weight excluding hydrogens is 701 g/mol. The van der Waals surface area contributed by atoms with Crippen molar-refractivity contribution in [3.8, 4) is 0 Å². The van der Waals surface area contributed by atoms with Crippen LogP contribution in [0, 0.1) is 5.92 Å². The highest BCUT2D eigenvalue weighted by atomic mass is 19.2. The average molecular weight is 736 g/mol. The number of hydrogen-bond acceptors (Lipinski definition) is 14. The summed E-state index contributed by atoms with van der Waals surface area (Å²) in [4.78, 5) is 81.4. The number of pyridine rings is 1. The van der Waals surface area contributed by atoms with Gasteiger partial charge in [0.25, 0.3) is 11.4 Å². The molecule has 1 aliphatic heterocycles. The van der Waals surface area contributed by atoms with Gasteiger partial charge in [-0.05, 0) is 23.3 Å². The monoisotopic (exact) mass is 735 g/mol. The molecule has 1 fully saturated rings. The van der Waals surface area contributed by atoms with Crippen molar-refractivity contribution in [2.24, 2.45) is 5.92 Å². The summed E-state index contributed by atoms with van der Waals surface area (Å²) in [6.07, 6.45) is -5.59. The maximum Gasteiger partial charge on any atom is 0.509 e. The Morgan fingerprint density at radius 1 is 0.830 bits per heavy atom. The maximum atomic E-state index is 17.0. The minimum Gasteiger partial charge on any atom is -0.459 e. The number of ether oxygens (including phenoxy) is 7. The third-order valence-corrected chi connectivity index (χ3v) is 7.65. The number of rotatable bonds is 13. The first kappa shape index (κ1) is 37.9. The Bertz CT molecular complexity index is 2010. The van der Waals surface area contributed by atoms with Gasteiger partial charge in [0.2, 0.25) is 6.10 Å². The fraction of sp³-hybridized carbons (Fsp3) is 0.306. The molecule has 4 atom stereocenters. The molecule has 1 saturated heterocycles. The topological polar surface area (TPSA) is 190 Å². The van der Waals surface area contributed by atoms with Crippen LogP contribution in [0.1, 0.15) is 41.6 Å². The number of carbonyl (C=O) groups is 4. The molecule has 16 nitrogen and oxygen atoms in total. The van der Waals surface area contributed by atoms with E-state index in [0.29, 0.717) is 20.3 Å². The minimum absolute atomic E-state index is 0.0238. The Hall–Kier alpha value is -6.36. The molecule has 0 N–H and O–H groups in total. The first-order chi connectivity index (χ1) is 25.4. The van der Waals surface area contributed by atoms with Gasteiger partial charge in [-0.2, -0.15) is 0 Å². The molecule has 278 valence electrons. The molecule has 0 spiro atoms. The molecule has 0 bridgehead atoms. The minimum atomic E-state index is -3.28. The number of nitrogens with zero attached hydrogens (tertiary/aromatic N) is 3. The van der Waals surface area contributed by atoms with Crippen LogP contribution in [0.5, 0.6) is 0 Å². The van der Waals surface area contributed by atoms with Crippen LogP contribution in [0.4, 0.5) is 14.0 Å². The standard InChI is InChI=1S/C36H34FN3O13/c1-23(2)31(42)49-21-36(37)29(52-35(46)48-20-25-12-7-4-8-13-25)28(51-34(45)47-19-24-10-5-3-6-11-24)30(53-36)39-17-15-27(41)40(33(39)44)22-50-32(43)26-14-9-16-38-18-26/h3-18,23,28-30H,19-22H2,1-2H3/t28-,29+,30-,36-/m1/s1. The van der Waals surface area contributed by atoms with E-state index in [1.165, 1.54) is 38.4 Å². The van der Waals surface area contributed by atoms with Crippen LogP contribution >= 0.6 is 0 Å². The summed E-state index contributed by atoms with van der Waals surface area (Å²) < 4.78 is 55.2. The molecule has 17 heteroatoms. The van der Waals surface area contributed by atoms with Gasteiger partial charge in [-0.25, -0.2) is 28.1 Å². The van der Waals surface area contributed by atoms with E-state index >= 15 is 4.39 Å². The molecule has 0 unspecified atom stereocenters. The number of aromatic nitrogens is 3. The van der Waals surface area contributed by atoms with Crippen LogP contribution in [-0.2, 0) is 57.9 Å². The van der Waals surface area contributed by atoms with Crippen LogP contribution in [0.15, 0.2) is 107 Å². The summed E-state index contributed by atoms with van der Waals surface area (Å²) in [5.41, 5.74) is -1.02. The maximum absolute atomic E-state index is 17.0. The van der Waals surface area contributed by atoms with E-state index < -0.39 is 79.0 Å². The molecular formula is C36H34FN3O13. The van der Waals surface area contributed by atoms with E-state index in [0.717, 1.165) is 12.3 Å². The summed E-state index contributed by atoms with van der Waals surface area (Å²) in [6.45, 7) is 0.279. The number of hydrogen-bond donors (Lipinski definition) is 0. The Morgan fingerprint density at radius 2 is 1.45 bits per heavy atom. The summed E-state index contributed by atoms with van der Waals surface area (Å²) >= 11 is 0. The smallest absolute Gasteiger partial charge is 0.459 e. The number of halogens is 1. The number of alkyl halides is 1. The lowest BCUT2D eigenvalue weighted by Gasteiger charge is -2.27. The summed E-state index contributed by atoms with van der Waals surface area (Å²) in [7, 11) is 0. The molecule has 5 rings (SSSR count).